The van der Waals surface area contributed by atoms with Crippen LogP contribution in [0.1, 0.15) is 16.8 Å². The summed E-state index contributed by atoms with van der Waals surface area (Å²) in [6.07, 6.45) is 1.48. The first kappa shape index (κ1) is 19.8. The van der Waals surface area contributed by atoms with Crippen molar-refractivity contribution in [2.24, 2.45) is 4.99 Å². The Morgan fingerprint density at radius 1 is 1.17 bits per heavy atom. The molecule has 2 heterocycles. The molecule has 150 valence electrons. The molecule has 1 aliphatic rings. The van der Waals surface area contributed by atoms with E-state index in [-0.39, 0.29) is 27.9 Å². The third-order valence-corrected chi connectivity index (χ3v) is 5.02. The van der Waals surface area contributed by atoms with Crippen molar-refractivity contribution in [3.05, 3.63) is 91.3 Å². The van der Waals surface area contributed by atoms with Gasteiger partial charge in [0.05, 0.1) is 16.3 Å². The fraction of sp³-hybridized carbons (Fsp3) is 0.0500. The van der Waals surface area contributed by atoms with Crippen LogP contribution in [-0.2, 0) is 9.53 Å². The fourth-order valence-corrected chi connectivity index (χ4v) is 3.38. The molecule has 8 nitrogen and oxygen atoms in total. The smallest absolute Gasteiger partial charge is 0.363 e. The molecule has 0 atom stereocenters. The lowest BCUT2D eigenvalue weighted by Crippen LogP contribution is -2.06. The lowest BCUT2D eigenvalue weighted by molar-refractivity contribution is -0.384. The summed E-state index contributed by atoms with van der Waals surface area (Å²) >= 11 is 12.3. The topological polar surface area (TPSA) is 99.6 Å². The standard InChI is InChI=1S/C20H12Cl2N4O4/c1-11-14(18(22)25(24-11)13-5-3-2-4-6-13)10-16-20(27)30-19(23-16)12-7-8-15(21)17(9-12)26(28)29/h2-10H,1H3/b16-10-. The van der Waals surface area contributed by atoms with Crippen LogP contribution in [0.25, 0.3) is 11.8 Å². The van der Waals surface area contributed by atoms with Crippen molar-refractivity contribution in [2.45, 2.75) is 6.92 Å². The molecule has 0 spiro atoms. The van der Waals surface area contributed by atoms with Gasteiger partial charge in [-0.15, -0.1) is 0 Å². The third-order valence-electron chi connectivity index (χ3n) is 4.34. The highest BCUT2D eigenvalue weighted by molar-refractivity contribution is 6.33. The number of benzene rings is 2. The second-order valence-corrected chi connectivity index (χ2v) is 7.06. The number of halogens is 2. The lowest BCUT2D eigenvalue weighted by atomic mass is 10.2. The van der Waals surface area contributed by atoms with E-state index in [2.05, 4.69) is 10.1 Å². The van der Waals surface area contributed by atoms with Crippen molar-refractivity contribution in [1.82, 2.24) is 9.78 Å². The van der Waals surface area contributed by atoms with E-state index in [1.165, 1.54) is 24.3 Å². The minimum atomic E-state index is -0.703. The second kappa shape index (κ2) is 7.74. The highest BCUT2D eigenvalue weighted by Gasteiger charge is 2.27. The van der Waals surface area contributed by atoms with Crippen LogP contribution in [0.15, 0.2) is 59.2 Å². The van der Waals surface area contributed by atoms with Crippen molar-refractivity contribution < 1.29 is 14.5 Å². The van der Waals surface area contributed by atoms with E-state index in [0.717, 1.165) is 5.69 Å². The minimum absolute atomic E-state index is 0.000199. The van der Waals surface area contributed by atoms with Crippen molar-refractivity contribution in [2.75, 3.05) is 0 Å². The van der Waals surface area contributed by atoms with Crippen LogP contribution in [0.3, 0.4) is 0 Å². The number of carbonyl (C=O) groups excluding carboxylic acids is 1. The number of hydrogen-bond donors (Lipinski definition) is 0. The second-order valence-electron chi connectivity index (χ2n) is 6.30. The van der Waals surface area contributed by atoms with Crippen LogP contribution in [-0.4, -0.2) is 26.6 Å². The van der Waals surface area contributed by atoms with E-state index in [1.54, 1.807) is 11.6 Å². The number of nitro groups is 1. The number of hydrogen-bond acceptors (Lipinski definition) is 6. The molecule has 0 aliphatic carbocycles. The molecule has 2 aromatic carbocycles. The minimum Gasteiger partial charge on any atom is -0.402 e. The van der Waals surface area contributed by atoms with Gasteiger partial charge >= 0.3 is 5.97 Å². The molecule has 1 aliphatic heterocycles. The van der Waals surface area contributed by atoms with Crippen molar-refractivity contribution in [1.29, 1.82) is 0 Å². The highest BCUT2D eigenvalue weighted by Crippen LogP contribution is 2.30. The number of nitro benzene ring substituents is 1. The molecule has 0 unspecified atom stereocenters. The Balaban J connectivity index is 1.73. The normalized spacial score (nSPS) is 14.7. The monoisotopic (exact) mass is 442 g/mol. The summed E-state index contributed by atoms with van der Waals surface area (Å²) in [5.41, 5.74) is 1.82. The molecule has 3 aromatic rings. The van der Waals surface area contributed by atoms with E-state index < -0.39 is 10.9 Å². The van der Waals surface area contributed by atoms with Gasteiger partial charge in [0.25, 0.3) is 5.69 Å². The summed E-state index contributed by atoms with van der Waals surface area (Å²) in [5, 5.41) is 15.8. The molecule has 4 rings (SSSR count). The maximum Gasteiger partial charge on any atom is 0.363 e. The highest BCUT2D eigenvalue weighted by atomic mass is 35.5. The molecule has 0 fully saturated rings. The van der Waals surface area contributed by atoms with Crippen LogP contribution in [0, 0.1) is 17.0 Å². The van der Waals surface area contributed by atoms with Gasteiger partial charge in [0, 0.05) is 17.2 Å². The molecule has 0 saturated heterocycles. The molecule has 0 radical (unpaired) electrons. The van der Waals surface area contributed by atoms with E-state index in [4.69, 9.17) is 27.9 Å². The van der Waals surface area contributed by atoms with E-state index in [9.17, 15) is 14.9 Å². The van der Waals surface area contributed by atoms with Crippen molar-refractivity contribution in [3.63, 3.8) is 0 Å². The summed E-state index contributed by atoms with van der Waals surface area (Å²) in [6, 6.07) is 13.3. The van der Waals surface area contributed by atoms with Crippen molar-refractivity contribution in [3.8, 4) is 5.69 Å². The Labute approximate surface area is 180 Å². The number of ether oxygens (including phenoxy) is 1. The largest absolute Gasteiger partial charge is 0.402 e. The number of carbonyl (C=O) groups is 1. The maximum absolute atomic E-state index is 12.3. The summed E-state index contributed by atoms with van der Waals surface area (Å²) in [7, 11) is 0. The lowest BCUT2D eigenvalue weighted by Gasteiger charge is -2.01. The van der Waals surface area contributed by atoms with Gasteiger partial charge < -0.3 is 4.74 Å². The maximum atomic E-state index is 12.3. The molecule has 30 heavy (non-hydrogen) atoms. The fourth-order valence-electron chi connectivity index (χ4n) is 2.87. The molecule has 0 saturated carbocycles. The predicted octanol–water partition coefficient (Wildman–Crippen LogP) is 4.74. The zero-order chi connectivity index (χ0) is 21.4. The van der Waals surface area contributed by atoms with E-state index in [1.807, 2.05) is 30.3 Å². The van der Waals surface area contributed by atoms with Gasteiger partial charge in [-0.25, -0.2) is 14.5 Å². The average Bonchev–Trinajstić information content (AvgIpc) is 3.23. The van der Waals surface area contributed by atoms with Gasteiger partial charge in [0.2, 0.25) is 5.90 Å². The van der Waals surface area contributed by atoms with Crippen LogP contribution < -0.4 is 0 Å². The first-order chi connectivity index (χ1) is 14.3. The first-order valence-electron chi connectivity index (χ1n) is 8.62. The van der Waals surface area contributed by atoms with Crippen LogP contribution >= 0.6 is 23.2 Å². The third kappa shape index (κ3) is 3.58. The molecule has 1 aromatic heterocycles. The Morgan fingerprint density at radius 2 is 1.90 bits per heavy atom. The van der Waals surface area contributed by atoms with Gasteiger partial charge in [-0.1, -0.05) is 41.4 Å². The molecule has 10 heteroatoms. The Bertz CT molecular complexity index is 1250. The number of aromatic nitrogens is 2. The van der Waals surface area contributed by atoms with Crippen LogP contribution in [0.5, 0.6) is 0 Å². The average molecular weight is 443 g/mol. The quantitative estimate of drug-likeness (QED) is 0.251. The number of esters is 1. The number of para-hydroxylation sites is 1. The van der Waals surface area contributed by atoms with Crippen LogP contribution in [0.4, 0.5) is 5.69 Å². The van der Waals surface area contributed by atoms with Crippen molar-refractivity contribution >= 4 is 46.8 Å². The molecule has 0 amide bonds. The molecule has 0 bridgehead atoms. The summed E-state index contributed by atoms with van der Waals surface area (Å²) in [5.74, 6) is -0.763. The first-order valence-corrected chi connectivity index (χ1v) is 9.38. The Kier molecular flexibility index (Phi) is 5.11. The molecule has 0 N–H and O–H groups in total. The molecular weight excluding hydrogens is 431 g/mol. The number of aryl methyl sites for hydroxylation is 1. The van der Waals surface area contributed by atoms with Gasteiger partial charge in [-0.3, -0.25) is 10.1 Å². The predicted molar refractivity (Wildman–Crippen MR) is 112 cm³/mol. The SMILES string of the molecule is Cc1nn(-c2ccccc2)c(Cl)c1/C=C1\N=C(c2ccc(Cl)c([N+](=O)[O-])c2)OC1=O. The zero-order valence-corrected chi connectivity index (χ0v) is 16.9. The Morgan fingerprint density at radius 3 is 2.60 bits per heavy atom. The van der Waals surface area contributed by atoms with E-state index >= 15 is 0 Å². The zero-order valence-electron chi connectivity index (χ0n) is 15.4. The molecular formula is C20H12Cl2N4O4. The van der Waals surface area contributed by atoms with Gasteiger partial charge in [0.15, 0.2) is 5.70 Å². The number of aliphatic imine (C=N–C) groups is 1. The van der Waals surface area contributed by atoms with Gasteiger partial charge in [-0.05, 0) is 37.3 Å². The van der Waals surface area contributed by atoms with E-state index in [0.29, 0.717) is 16.4 Å². The number of nitrogens with zero attached hydrogens (tertiary/aromatic N) is 4. The Hall–Kier alpha value is -3.49. The van der Waals surface area contributed by atoms with Crippen LogP contribution in [0.2, 0.25) is 10.2 Å². The summed E-state index contributed by atoms with van der Waals surface area (Å²) in [4.78, 5) is 27.0. The summed E-state index contributed by atoms with van der Waals surface area (Å²) in [6.45, 7) is 1.76. The number of rotatable bonds is 4. The van der Waals surface area contributed by atoms with Gasteiger partial charge in [-0.2, -0.15) is 5.10 Å². The van der Waals surface area contributed by atoms with Gasteiger partial charge in [0.1, 0.15) is 10.2 Å². The summed E-state index contributed by atoms with van der Waals surface area (Å²) < 4.78 is 6.74. The number of cyclic esters (lactones) is 1.